The van der Waals surface area contributed by atoms with Gasteiger partial charge < -0.3 is 10.6 Å². The molecule has 0 radical (unpaired) electrons. The first-order valence-electron chi connectivity index (χ1n) is 7.48. The Bertz CT molecular complexity index is 283. The summed E-state index contributed by atoms with van der Waals surface area (Å²) in [6, 6.07) is 1.73. The summed E-state index contributed by atoms with van der Waals surface area (Å²) in [5.74, 6) is 0.255. The zero-order valence-corrected chi connectivity index (χ0v) is 12.1. The third kappa shape index (κ3) is 4.27. The van der Waals surface area contributed by atoms with Gasteiger partial charge in [-0.3, -0.25) is 4.79 Å². The molecule has 2 aliphatic rings. The van der Waals surface area contributed by atoms with Crippen LogP contribution in [0, 0.1) is 5.41 Å². The first kappa shape index (κ1) is 13.9. The Balaban J connectivity index is 1.65. The van der Waals surface area contributed by atoms with Crippen LogP contribution >= 0.6 is 0 Å². The summed E-state index contributed by atoms with van der Waals surface area (Å²) in [4.78, 5) is 11.9. The molecule has 104 valence electrons. The largest absolute Gasteiger partial charge is 0.353 e. The molecule has 2 N–H and O–H groups in total. The highest BCUT2D eigenvalue weighted by Gasteiger charge is 2.33. The van der Waals surface area contributed by atoms with Crippen LogP contribution in [0.25, 0.3) is 0 Å². The van der Waals surface area contributed by atoms with Gasteiger partial charge in [0.1, 0.15) is 0 Å². The molecule has 2 heterocycles. The van der Waals surface area contributed by atoms with Crippen LogP contribution in [0.5, 0.6) is 0 Å². The number of nitrogens with one attached hydrogen (secondary N) is 2. The minimum Gasteiger partial charge on any atom is -0.353 e. The van der Waals surface area contributed by atoms with Gasteiger partial charge in [-0.2, -0.15) is 0 Å². The number of fused-ring (bicyclic) bond motifs is 2. The lowest BCUT2D eigenvalue weighted by Gasteiger charge is -2.29. The van der Waals surface area contributed by atoms with Crippen LogP contribution in [-0.4, -0.2) is 24.0 Å². The average molecular weight is 252 g/mol. The zero-order chi connectivity index (χ0) is 13.2. The van der Waals surface area contributed by atoms with Crippen LogP contribution in [0.2, 0.25) is 0 Å². The summed E-state index contributed by atoms with van der Waals surface area (Å²) in [7, 11) is 0. The van der Waals surface area contributed by atoms with Crippen molar-refractivity contribution in [2.24, 2.45) is 5.41 Å². The molecule has 0 aliphatic carbocycles. The van der Waals surface area contributed by atoms with Crippen LogP contribution < -0.4 is 10.6 Å². The van der Waals surface area contributed by atoms with E-state index in [4.69, 9.17) is 0 Å². The van der Waals surface area contributed by atoms with Gasteiger partial charge in [0.25, 0.3) is 0 Å². The van der Waals surface area contributed by atoms with Crippen molar-refractivity contribution >= 4 is 5.91 Å². The van der Waals surface area contributed by atoms with Crippen LogP contribution in [0.15, 0.2) is 0 Å². The van der Waals surface area contributed by atoms with Crippen molar-refractivity contribution in [3.8, 4) is 0 Å². The van der Waals surface area contributed by atoms with Crippen LogP contribution in [0.4, 0.5) is 0 Å². The lowest BCUT2D eigenvalue weighted by molar-refractivity contribution is -0.122. The number of piperidine rings is 1. The fourth-order valence-electron chi connectivity index (χ4n) is 3.25. The van der Waals surface area contributed by atoms with Gasteiger partial charge in [-0.1, -0.05) is 20.8 Å². The Kier molecular flexibility index (Phi) is 4.31. The van der Waals surface area contributed by atoms with Crippen molar-refractivity contribution < 1.29 is 4.79 Å². The number of carbonyl (C=O) groups excluding carboxylic acids is 1. The molecule has 18 heavy (non-hydrogen) atoms. The second kappa shape index (κ2) is 5.60. The molecular formula is C15H28N2O. The van der Waals surface area contributed by atoms with Gasteiger partial charge in [-0.25, -0.2) is 0 Å². The summed E-state index contributed by atoms with van der Waals surface area (Å²) in [5, 5.41) is 6.83. The van der Waals surface area contributed by atoms with Crippen molar-refractivity contribution in [1.29, 1.82) is 0 Å². The summed E-state index contributed by atoms with van der Waals surface area (Å²) >= 11 is 0. The number of hydrogen-bond donors (Lipinski definition) is 2. The maximum atomic E-state index is 11.9. The quantitative estimate of drug-likeness (QED) is 0.807. The first-order valence-corrected chi connectivity index (χ1v) is 7.48. The highest BCUT2D eigenvalue weighted by atomic mass is 16.1. The van der Waals surface area contributed by atoms with Crippen molar-refractivity contribution in [2.75, 3.05) is 0 Å². The zero-order valence-electron chi connectivity index (χ0n) is 12.1. The Morgan fingerprint density at radius 3 is 2.39 bits per heavy atom. The monoisotopic (exact) mass is 252 g/mol. The minimum atomic E-state index is 0.255. The number of hydrogen-bond acceptors (Lipinski definition) is 2. The van der Waals surface area contributed by atoms with Gasteiger partial charge in [0.15, 0.2) is 0 Å². The number of amides is 1. The van der Waals surface area contributed by atoms with Crippen molar-refractivity contribution in [3.63, 3.8) is 0 Å². The Morgan fingerprint density at radius 2 is 1.83 bits per heavy atom. The first-order chi connectivity index (χ1) is 8.42. The molecule has 3 heteroatoms. The van der Waals surface area contributed by atoms with Gasteiger partial charge in [-0.05, 0) is 43.9 Å². The van der Waals surface area contributed by atoms with Gasteiger partial charge in [0, 0.05) is 24.5 Å². The van der Waals surface area contributed by atoms with Crippen molar-refractivity contribution in [1.82, 2.24) is 10.6 Å². The van der Waals surface area contributed by atoms with E-state index >= 15 is 0 Å². The topological polar surface area (TPSA) is 41.1 Å². The summed E-state index contributed by atoms with van der Waals surface area (Å²) in [6.45, 7) is 6.69. The predicted octanol–water partition coefficient (Wildman–Crippen LogP) is 2.60. The molecule has 0 saturated carbocycles. The second-order valence-electron chi connectivity index (χ2n) is 7.29. The molecule has 2 bridgehead atoms. The van der Waals surface area contributed by atoms with Gasteiger partial charge in [0.05, 0.1) is 0 Å². The molecule has 0 aromatic heterocycles. The second-order valence-corrected chi connectivity index (χ2v) is 7.29. The smallest absolute Gasteiger partial charge is 0.220 e. The van der Waals surface area contributed by atoms with Crippen molar-refractivity contribution in [3.05, 3.63) is 0 Å². The molecule has 1 amide bonds. The third-order valence-electron chi connectivity index (χ3n) is 4.17. The van der Waals surface area contributed by atoms with Gasteiger partial charge >= 0.3 is 0 Å². The van der Waals surface area contributed by atoms with E-state index in [-0.39, 0.29) is 5.91 Å². The summed E-state index contributed by atoms with van der Waals surface area (Å²) < 4.78 is 0. The fourth-order valence-corrected chi connectivity index (χ4v) is 3.25. The Morgan fingerprint density at radius 1 is 1.22 bits per heavy atom. The van der Waals surface area contributed by atoms with Crippen LogP contribution in [-0.2, 0) is 4.79 Å². The van der Waals surface area contributed by atoms with E-state index in [1.165, 1.54) is 12.8 Å². The maximum absolute atomic E-state index is 11.9. The normalized spacial score (nSPS) is 31.4. The minimum absolute atomic E-state index is 0.255. The lowest BCUT2D eigenvalue weighted by Crippen LogP contribution is -2.48. The fraction of sp³-hybridized carbons (Fsp3) is 0.933. The van der Waals surface area contributed by atoms with E-state index in [9.17, 15) is 4.79 Å². The van der Waals surface area contributed by atoms with E-state index in [1.54, 1.807) is 0 Å². The molecule has 0 aromatic rings. The molecule has 0 aromatic carbocycles. The maximum Gasteiger partial charge on any atom is 0.220 e. The van der Waals surface area contributed by atoms with Crippen molar-refractivity contribution in [2.45, 2.75) is 83.8 Å². The van der Waals surface area contributed by atoms with E-state index < -0.39 is 0 Å². The Labute approximate surface area is 111 Å². The summed E-state index contributed by atoms with van der Waals surface area (Å²) in [6.07, 6.45) is 7.66. The van der Waals surface area contributed by atoms with Gasteiger partial charge in [-0.15, -0.1) is 0 Å². The molecule has 2 rings (SSSR count). The number of carbonyl (C=O) groups is 1. The SMILES string of the molecule is CC(C)(C)CCCC(=O)NC1CC2CCC(C1)N2. The molecule has 2 saturated heterocycles. The predicted molar refractivity (Wildman–Crippen MR) is 74.4 cm³/mol. The van der Waals surface area contributed by atoms with E-state index in [0.29, 0.717) is 30.0 Å². The Hall–Kier alpha value is -0.570. The molecule has 3 nitrogen and oxygen atoms in total. The van der Waals surface area contributed by atoms with Gasteiger partial charge in [0.2, 0.25) is 5.91 Å². The van der Waals surface area contributed by atoms with E-state index in [0.717, 1.165) is 25.7 Å². The highest BCUT2D eigenvalue weighted by Crippen LogP contribution is 2.27. The van der Waals surface area contributed by atoms with E-state index in [2.05, 4.69) is 31.4 Å². The van der Waals surface area contributed by atoms with Crippen LogP contribution in [0.1, 0.15) is 65.7 Å². The summed E-state index contributed by atoms with van der Waals surface area (Å²) in [5.41, 5.74) is 0.341. The standard InChI is InChI=1S/C15H28N2O/c1-15(2,3)8-4-5-14(18)17-13-9-11-6-7-12(10-13)16-11/h11-13,16H,4-10H2,1-3H3,(H,17,18). The lowest BCUT2D eigenvalue weighted by atomic mass is 9.90. The van der Waals surface area contributed by atoms with Crippen LogP contribution in [0.3, 0.4) is 0 Å². The molecular weight excluding hydrogens is 224 g/mol. The highest BCUT2D eigenvalue weighted by molar-refractivity contribution is 5.76. The molecule has 2 unspecified atom stereocenters. The average Bonchev–Trinajstić information content (AvgIpc) is 2.56. The third-order valence-corrected chi connectivity index (χ3v) is 4.17. The molecule has 2 fully saturated rings. The number of rotatable bonds is 4. The van der Waals surface area contributed by atoms with E-state index in [1.807, 2.05) is 0 Å². The molecule has 0 spiro atoms. The molecule has 2 atom stereocenters. The molecule has 2 aliphatic heterocycles.